The van der Waals surface area contributed by atoms with Crippen LogP contribution in [0, 0.1) is 6.07 Å². The van der Waals surface area contributed by atoms with E-state index in [1.165, 1.54) is 11.1 Å². The van der Waals surface area contributed by atoms with Crippen molar-refractivity contribution in [1.29, 1.82) is 0 Å². The summed E-state index contributed by atoms with van der Waals surface area (Å²) < 4.78 is 4.55. The summed E-state index contributed by atoms with van der Waals surface area (Å²) in [5.41, 5.74) is 15.5. The van der Waals surface area contributed by atoms with Gasteiger partial charge >= 0.3 is 0 Å². The molecule has 11 aromatic rings. The molecule has 1 N–H and O–H groups in total. The number of phenolic OH excluding ortho intramolecular Hbond substituents is 1. The molecule has 0 radical (unpaired) electrons. The predicted molar refractivity (Wildman–Crippen MR) is 273 cm³/mol. The molecular formula is C61H49N4OPt-. The van der Waals surface area contributed by atoms with Gasteiger partial charge in [-0.3, -0.25) is 9.55 Å². The zero-order valence-corrected chi connectivity index (χ0v) is 40.4. The van der Waals surface area contributed by atoms with Crippen LogP contribution in [0.4, 0.5) is 0 Å². The Labute approximate surface area is 406 Å². The molecule has 0 aliphatic rings. The molecule has 5 nitrogen and oxygen atoms in total. The van der Waals surface area contributed by atoms with Gasteiger partial charge in [-0.15, -0.1) is 29.3 Å². The molecule has 0 saturated heterocycles. The Morgan fingerprint density at radius 1 is 0.493 bits per heavy atom. The van der Waals surface area contributed by atoms with Gasteiger partial charge in [0.05, 0.1) is 33.3 Å². The number of aromatic hydroxyl groups is 1. The van der Waals surface area contributed by atoms with Crippen LogP contribution >= 0.6 is 0 Å². The number of pyridine rings is 1. The van der Waals surface area contributed by atoms with Crippen LogP contribution in [0.5, 0.6) is 5.75 Å². The molecule has 0 saturated carbocycles. The quantitative estimate of drug-likeness (QED) is 0.154. The fraction of sp³-hybridized carbons (Fsp3) is 0.115. The van der Waals surface area contributed by atoms with Crippen LogP contribution in [0.2, 0.25) is 0 Å². The van der Waals surface area contributed by atoms with Crippen molar-refractivity contribution in [3.05, 3.63) is 223 Å². The summed E-state index contributed by atoms with van der Waals surface area (Å²) in [7, 11) is 0. The van der Waals surface area contributed by atoms with E-state index < -0.39 is 0 Å². The molecule has 8 aromatic carbocycles. The zero-order valence-electron chi connectivity index (χ0n) is 38.1. The van der Waals surface area contributed by atoms with Gasteiger partial charge in [0, 0.05) is 60.4 Å². The molecule has 11 rings (SSSR count). The van der Waals surface area contributed by atoms with E-state index in [9.17, 15) is 5.11 Å². The maximum Gasteiger partial charge on any atom is 0.148 e. The van der Waals surface area contributed by atoms with Crippen LogP contribution in [-0.2, 0) is 31.9 Å². The average molecular weight is 1050 g/mol. The van der Waals surface area contributed by atoms with Crippen LogP contribution in [-0.4, -0.2) is 24.2 Å². The third-order valence-electron chi connectivity index (χ3n) is 13.2. The van der Waals surface area contributed by atoms with Crippen molar-refractivity contribution in [3.8, 4) is 62.0 Å². The summed E-state index contributed by atoms with van der Waals surface area (Å²) in [6.45, 7) is 11.3. The second-order valence-electron chi connectivity index (χ2n) is 18.8. The maximum absolute atomic E-state index is 11.5. The molecule has 330 valence electrons. The molecule has 67 heavy (non-hydrogen) atoms. The predicted octanol–water partition coefficient (Wildman–Crippen LogP) is 15.3. The third kappa shape index (κ3) is 7.68. The molecule has 0 aliphatic heterocycles. The van der Waals surface area contributed by atoms with Gasteiger partial charge < -0.3 is 9.67 Å². The van der Waals surface area contributed by atoms with E-state index in [-0.39, 0.29) is 37.6 Å². The van der Waals surface area contributed by atoms with E-state index in [2.05, 4.69) is 220 Å². The Morgan fingerprint density at radius 3 is 1.88 bits per heavy atom. The Bertz CT molecular complexity index is 3600. The summed E-state index contributed by atoms with van der Waals surface area (Å²) in [5.74, 6) is 0.816. The van der Waals surface area contributed by atoms with Crippen LogP contribution in [0.15, 0.2) is 200 Å². The molecule has 6 heteroatoms. The molecule has 0 aliphatic carbocycles. The average Bonchev–Trinajstić information content (AvgIpc) is 3.90. The minimum Gasteiger partial charge on any atom is -0.507 e. The summed E-state index contributed by atoms with van der Waals surface area (Å²) >= 11 is 0. The first-order valence-corrected chi connectivity index (χ1v) is 22.6. The number of hydrogen-bond donors (Lipinski definition) is 1. The van der Waals surface area contributed by atoms with E-state index in [4.69, 9.17) is 9.97 Å². The standard InChI is InChI=1S/C61H49N4O.Pt/c1-60(2,3)44-32-33-54(50(37-44)40-20-9-6-10-21-40)65-55-30-19-28-47(58(55)63-59(65)49-27-16-18-31-57(49)66)41-34-42(36-45(35-41)61(4,5)43-22-11-7-12-23-43)52-38-56-51(39-62-52)48-26-15-17-29-53(48)64(56)46-24-13-8-14-25-46;/h6-33,35-39,66H,1-5H3;/q-1;. The van der Waals surface area contributed by atoms with Crippen molar-refractivity contribution in [2.45, 2.75) is 45.4 Å². The fourth-order valence-electron chi connectivity index (χ4n) is 9.55. The molecule has 0 atom stereocenters. The van der Waals surface area contributed by atoms with Crippen molar-refractivity contribution in [3.63, 3.8) is 0 Å². The van der Waals surface area contributed by atoms with Crippen LogP contribution in [0.25, 0.3) is 89.1 Å². The number of para-hydroxylation sites is 4. The Hall–Kier alpha value is -7.33. The Morgan fingerprint density at radius 2 is 1.13 bits per heavy atom. The van der Waals surface area contributed by atoms with Crippen molar-refractivity contribution in [2.24, 2.45) is 0 Å². The second kappa shape index (κ2) is 17.1. The van der Waals surface area contributed by atoms with Crippen LogP contribution < -0.4 is 0 Å². The van der Waals surface area contributed by atoms with Gasteiger partial charge in [-0.2, -0.15) is 0 Å². The number of aromatic nitrogens is 4. The fourth-order valence-corrected chi connectivity index (χ4v) is 9.55. The summed E-state index contributed by atoms with van der Waals surface area (Å²) in [4.78, 5) is 10.7. The SMILES string of the molecule is CC(C)(C)c1ccc(-n2c(-c3ccccc3O)nc3c(-c4[c-]c(-c5cc6c(cn5)c5ccccc5n6-c5ccccc5)cc(C(C)(C)c5ccccc5)c4)cccc32)c(-c2ccccc2)c1.[Pt]. The van der Waals surface area contributed by atoms with Crippen molar-refractivity contribution < 1.29 is 26.2 Å². The smallest absolute Gasteiger partial charge is 0.148 e. The van der Waals surface area contributed by atoms with Gasteiger partial charge in [0.25, 0.3) is 0 Å². The van der Waals surface area contributed by atoms with E-state index in [1.54, 1.807) is 6.07 Å². The number of hydrogen-bond acceptors (Lipinski definition) is 3. The summed E-state index contributed by atoms with van der Waals surface area (Å²) in [6.07, 6.45) is 2.02. The van der Waals surface area contributed by atoms with Gasteiger partial charge in [-0.1, -0.05) is 173 Å². The number of rotatable bonds is 8. The first kappa shape index (κ1) is 43.6. The molecule has 0 amide bonds. The molecule has 3 heterocycles. The van der Waals surface area contributed by atoms with E-state index in [1.807, 2.05) is 24.4 Å². The van der Waals surface area contributed by atoms with Crippen molar-refractivity contribution in [1.82, 2.24) is 19.1 Å². The molecule has 0 unspecified atom stereocenters. The Kier molecular flexibility index (Phi) is 11.1. The third-order valence-corrected chi connectivity index (χ3v) is 13.2. The van der Waals surface area contributed by atoms with E-state index >= 15 is 0 Å². The van der Waals surface area contributed by atoms with Crippen molar-refractivity contribution in [2.75, 3.05) is 0 Å². The number of fused-ring (bicyclic) bond motifs is 4. The summed E-state index contributed by atoms with van der Waals surface area (Å²) in [5, 5.41) is 13.8. The summed E-state index contributed by atoms with van der Waals surface area (Å²) in [6, 6.07) is 71.6. The molecule has 3 aromatic heterocycles. The van der Waals surface area contributed by atoms with Crippen LogP contribution in [0.3, 0.4) is 0 Å². The van der Waals surface area contributed by atoms with Gasteiger partial charge in [0.1, 0.15) is 11.6 Å². The maximum atomic E-state index is 11.5. The van der Waals surface area contributed by atoms with Gasteiger partial charge in [-0.25, -0.2) is 4.98 Å². The normalized spacial score (nSPS) is 11.9. The minimum absolute atomic E-state index is 0. The van der Waals surface area contributed by atoms with E-state index in [0.29, 0.717) is 11.4 Å². The van der Waals surface area contributed by atoms with Gasteiger partial charge in [0.2, 0.25) is 0 Å². The second-order valence-corrected chi connectivity index (χ2v) is 18.8. The number of benzene rings is 8. The number of imidazole rings is 1. The zero-order chi connectivity index (χ0) is 45.2. The minimum atomic E-state index is -0.378. The van der Waals surface area contributed by atoms with Crippen molar-refractivity contribution >= 4 is 32.8 Å². The molecule has 0 spiro atoms. The topological polar surface area (TPSA) is 55.9 Å². The first-order valence-electron chi connectivity index (χ1n) is 22.6. The monoisotopic (exact) mass is 1050 g/mol. The van der Waals surface area contributed by atoms with Gasteiger partial charge in [0.15, 0.2) is 0 Å². The number of nitrogens with zero attached hydrogens (tertiary/aromatic N) is 4. The molecule has 0 bridgehead atoms. The molecular weight excluding hydrogens is 1000 g/mol. The first-order chi connectivity index (χ1) is 32.0. The van der Waals surface area contributed by atoms with Crippen LogP contribution in [0.1, 0.15) is 51.3 Å². The van der Waals surface area contributed by atoms with E-state index in [0.717, 1.165) is 83.3 Å². The number of phenols is 1. The molecule has 0 fully saturated rings. The van der Waals surface area contributed by atoms with Gasteiger partial charge in [-0.05, 0) is 76.7 Å². The Balaban J connectivity index is 0.00000525. The largest absolute Gasteiger partial charge is 0.507 e.